The van der Waals surface area contributed by atoms with E-state index in [2.05, 4.69) is 20.0 Å². The van der Waals surface area contributed by atoms with Gasteiger partial charge in [0.25, 0.3) is 0 Å². The Morgan fingerprint density at radius 3 is 2.62 bits per heavy atom. The predicted molar refractivity (Wildman–Crippen MR) is 103 cm³/mol. The second-order valence-electron chi connectivity index (χ2n) is 6.03. The molecule has 2 heterocycles. The van der Waals surface area contributed by atoms with E-state index in [-0.39, 0.29) is 18.0 Å². The largest absolute Gasteiger partial charge is 0.475 e. The minimum Gasteiger partial charge on any atom is -0.475 e. The van der Waals surface area contributed by atoms with Gasteiger partial charge in [-0.2, -0.15) is 4.52 Å². The van der Waals surface area contributed by atoms with Crippen LogP contribution in [0.5, 0.6) is 5.88 Å². The number of ether oxygens (including phenoxy) is 1. The van der Waals surface area contributed by atoms with E-state index in [4.69, 9.17) is 4.74 Å². The first kappa shape index (κ1) is 19.0. The van der Waals surface area contributed by atoms with Gasteiger partial charge in [0.2, 0.25) is 15.9 Å². The first-order valence-electron chi connectivity index (χ1n) is 8.69. The Morgan fingerprint density at radius 2 is 1.83 bits per heavy atom. The summed E-state index contributed by atoms with van der Waals surface area (Å²) in [7, 11) is -3.82. The van der Waals surface area contributed by atoms with Gasteiger partial charge in [-0.3, -0.25) is 0 Å². The van der Waals surface area contributed by atoms with Gasteiger partial charge in [-0.05, 0) is 24.3 Å². The van der Waals surface area contributed by atoms with Gasteiger partial charge in [-0.15, -0.1) is 15.3 Å². The van der Waals surface area contributed by atoms with Crippen molar-refractivity contribution in [1.82, 2.24) is 24.5 Å². The van der Waals surface area contributed by atoms with Crippen LogP contribution in [-0.4, -0.2) is 41.4 Å². The Labute approximate surface area is 166 Å². The molecule has 10 heteroatoms. The smallest absolute Gasteiger partial charge is 0.240 e. The molecule has 148 valence electrons. The molecule has 0 fully saturated rings. The monoisotopic (exact) mass is 413 g/mol. The Morgan fingerprint density at radius 1 is 1.00 bits per heavy atom. The molecule has 0 aliphatic heterocycles. The van der Waals surface area contributed by atoms with Crippen molar-refractivity contribution in [1.29, 1.82) is 0 Å². The number of benzene rings is 2. The van der Waals surface area contributed by atoms with E-state index in [1.54, 1.807) is 16.6 Å². The van der Waals surface area contributed by atoms with Crippen molar-refractivity contribution in [2.45, 2.75) is 4.90 Å². The summed E-state index contributed by atoms with van der Waals surface area (Å²) >= 11 is 0. The van der Waals surface area contributed by atoms with Gasteiger partial charge in [0.15, 0.2) is 11.5 Å². The van der Waals surface area contributed by atoms with Crippen molar-refractivity contribution in [3.63, 3.8) is 0 Å². The van der Waals surface area contributed by atoms with E-state index in [0.29, 0.717) is 17.4 Å². The SMILES string of the molecule is O=S(=O)(NCCOc1ccc2nnc(-c3ccccc3)n2n1)c1cccc(F)c1. The molecule has 0 spiro atoms. The molecular weight excluding hydrogens is 397 g/mol. The number of halogens is 1. The molecule has 8 nitrogen and oxygen atoms in total. The van der Waals surface area contributed by atoms with Crippen molar-refractivity contribution in [2.24, 2.45) is 0 Å². The number of sulfonamides is 1. The molecule has 29 heavy (non-hydrogen) atoms. The van der Waals surface area contributed by atoms with Gasteiger partial charge in [0.05, 0.1) is 4.90 Å². The number of aromatic nitrogens is 4. The third-order valence-corrected chi connectivity index (χ3v) is 5.48. The average Bonchev–Trinajstić information content (AvgIpc) is 3.15. The minimum absolute atomic E-state index is 0.00765. The zero-order valence-electron chi connectivity index (χ0n) is 15.1. The number of nitrogens with one attached hydrogen (secondary N) is 1. The maximum Gasteiger partial charge on any atom is 0.240 e. The van der Waals surface area contributed by atoms with Crippen molar-refractivity contribution in [3.8, 4) is 17.3 Å². The summed E-state index contributed by atoms with van der Waals surface area (Å²) < 4.78 is 47.0. The molecule has 0 saturated carbocycles. The molecule has 0 saturated heterocycles. The highest BCUT2D eigenvalue weighted by molar-refractivity contribution is 7.89. The molecule has 2 aromatic heterocycles. The fraction of sp³-hybridized carbons (Fsp3) is 0.105. The molecule has 2 aromatic carbocycles. The number of rotatable bonds is 7. The maximum absolute atomic E-state index is 13.2. The molecular formula is C19H16FN5O3S. The van der Waals surface area contributed by atoms with Gasteiger partial charge in [0.1, 0.15) is 12.4 Å². The van der Waals surface area contributed by atoms with E-state index in [1.807, 2.05) is 30.3 Å². The molecule has 0 radical (unpaired) electrons. The summed E-state index contributed by atoms with van der Waals surface area (Å²) in [5.41, 5.74) is 1.41. The van der Waals surface area contributed by atoms with Crippen LogP contribution in [0.15, 0.2) is 71.6 Å². The molecule has 4 rings (SSSR count). The van der Waals surface area contributed by atoms with Crippen LogP contribution in [0.3, 0.4) is 0 Å². The first-order chi connectivity index (χ1) is 14.0. The van der Waals surface area contributed by atoms with Crippen molar-refractivity contribution in [3.05, 3.63) is 72.5 Å². The van der Waals surface area contributed by atoms with Crippen molar-refractivity contribution >= 4 is 15.7 Å². The fourth-order valence-electron chi connectivity index (χ4n) is 2.67. The summed E-state index contributed by atoms with van der Waals surface area (Å²) in [6.45, 7) is 0.0299. The number of hydrogen-bond acceptors (Lipinski definition) is 6. The number of hydrogen-bond donors (Lipinski definition) is 1. The molecule has 0 unspecified atom stereocenters. The zero-order chi connectivity index (χ0) is 20.3. The van der Waals surface area contributed by atoms with Gasteiger partial charge in [-0.25, -0.2) is 17.5 Å². The second kappa shape index (κ2) is 7.94. The highest BCUT2D eigenvalue weighted by atomic mass is 32.2. The van der Waals surface area contributed by atoms with Crippen LogP contribution < -0.4 is 9.46 Å². The third kappa shape index (κ3) is 4.23. The molecule has 0 aliphatic carbocycles. The van der Waals surface area contributed by atoms with E-state index < -0.39 is 15.8 Å². The summed E-state index contributed by atoms with van der Waals surface area (Å²) in [6, 6.07) is 17.6. The molecule has 1 N–H and O–H groups in total. The summed E-state index contributed by atoms with van der Waals surface area (Å²) in [4.78, 5) is -0.144. The van der Waals surface area contributed by atoms with E-state index >= 15 is 0 Å². The lowest BCUT2D eigenvalue weighted by Gasteiger charge is -2.08. The van der Waals surface area contributed by atoms with Crippen molar-refractivity contribution < 1.29 is 17.5 Å². The fourth-order valence-corrected chi connectivity index (χ4v) is 3.71. The quantitative estimate of drug-likeness (QED) is 0.467. The standard InChI is InChI=1S/C19H16FN5O3S/c20-15-7-4-8-16(13-15)29(26,27)21-11-12-28-18-10-9-17-22-23-19(25(17)24-18)14-5-2-1-3-6-14/h1-10,13,21H,11-12H2. The van der Waals surface area contributed by atoms with Crippen LogP contribution in [-0.2, 0) is 10.0 Å². The van der Waals surface area contributed by atoms with Gasteiger partial charge in [0, 0.05) is 18.2 Å². The summed E-state index contributed by atoms with van der Waals surface area (Å²) in [5, 5.41) is 12.6. The minimum atomic E-state index is -3.82. The lowest BCUT2D eigenvalue weighted by Crippen LogP contribution is -2.28. The van der Waals surface area contributed by atoms with Crippen LogP contribution >= 0.6 is 0 Å². The Kier molecular flexibility index (Phi) is 5.19. The van der Waals surface area contributed by atoms with Gasteiger partial charge < -0.3 is 4.74 Å². The number of nitrogens with zero attached hydrogens (tertiary/aromatic N) is 4. The Balaban J connectivity index is 1.42. The van der Waals surface area contributed by atoms with E-state index in [0.717, 1.165) is 11.6 Å². The normalized spacial score (nSPS) is 11.6. The van der Waals surface area contributed by atoms with Gasteiger partial charge in [-0.1, -0.05) is 36.4 Å². The molecule has 0 atom stereocenters. The lowest BCUT2D eigenvalue weighted by atomic mass is 10.2. The van der Waals surface area contributed by atoms with Crippen LogP contribution in [0.4, 0.5) is 4.39 Å². The van der Waals surface area contributed by atoms with Gasteiger partial charge >= 0.3 is 0 Å². The third-order valence-electron chi connectivity index (χ3n) is 4.02. The average molecular weight is 413 g/mol. The first-order valence-corrected chi connectivity index (χ1v) is 10.2. The van der Waals surface area contributed by atoms with E-state index in [9.17, 15) is 12.8 Å². The Hall–Kier alpha value is -3.37. The van der Waals surface area contributed by atoms with Crippen LogP contribution in [0.2, 0.25) is 0 Å². The molecule has 0 amide bonds. The number of fused-ring (bicyclic) bond motifs is 1. The Bertz CT molecular complexity index is 1250. The predicted octanol–water partition coefficient (Wildman–Crippen LogP) is 2.29. The van der Waals surface area contributed by atoms with Crippen LogP contribution in [0.1, 0.15) is 0 Å². The van der Waals surface area contributed by atoms with Crippen LogP contribution in [0, 0.1) is 5.82 Å². The zero-order valence-corrected chi connectivity index (χ0v) is 15.9. The lowest BCUT2D eigenvalue weighted by molar-refractivity contribution is 0.306. The maximum atomic E-state index is 13.2. The summed E-state index contributed by atoms with van der Waals surface area (Å²) in [6.07, 6.45) is 0. The molecule has 0 bridgehead atoms. The highest BCUT2D eigenvalue weighted by Gasteiger charge is 2.14. The topological polar surface area (TPSA) is 98.5 Å². The van der Waals surface area contributed by atoms with Crippen molar-refractivity contribution in [2.75, 3.05) is 13.2 Å². The molecule has 0 aliphatic rings. The highest BCUT2D eigenvalue weighted by Crippen LogP contribution is 2.18. The van der Waals surface area contributed by atoms with E-state index in [1.165, 1.54) is 18.2 Å². The second-order valence-corrected chi connectivity index (χ2v) is 7.80. The van der Waals surface area contributed by atoms with Crippen LogP contribution in [0.25, 0.3) is 17.0 Å². The summed E-state index contributed by atoms with van der Waals surface area (Å²) in [5.74, 6) is 0.238. The molecule has 4 aromatic rings.